The Morgan fingerprint density at radius 2 is 1.69 bits per heavy atom. The number of aromatic nitrogens is 1. The Labute approximate surface area is 171 Å². The first kappa shape index (κ1) is 20.4. The van der Waals surface area contributed by atoms with Crippen LogP contribution in [0.25, 0.3) is 0 Å². The van der Waals surface area contributed by atoms with Gasteiger partial charge in [-0.1, -0.05) is 18.2 Å². The van der Waals surface area contributed by atoms with Gasteiger partial charge in [0, 0.05) is 24.1 Å². The van der Waals surface area contributed by atoms with Gasteiger partial charge in [-0.05, 0) is 75.6 Å². The molecular weight excluding hydrogens is 364 g/mol. The Morgan fingerprint density at radius 1 is 0.966 bits per heavy atom. The van der Waals surface area contributed by atoms with Gasteiger partial charge in [-0.3, -0.25) is 9.78 Å². The van der Waals surface area contributed by atoms with Crippen molar-refractivity contribution in [2.24, 2.45) is 0 Å². The average molecular weight is 390 g/mol. The Bertz CT molecular complexity index is 912. The molecule has 1 heterocycles. The van der Waals surface area contributed by atoms with Crippen LogP contribution in [-0.2, 0) is 0 Å². The van der Waals surface area contributed by atoms with Crippen LogP contribution in [0.2, 0.25) is 0 Å². The van der Waals surface area contributed by atoms with Gasteiger partial charge in [0.1, 0.15) is 17.2 Å². The average Bonchev–Trinajstić information content (AvgIpc) is 2.73. The first-order valence-corrected chi connectivity index (χ1v) is 9.59. The van der Waals surface area contributed by atoms with Crippen LogP contribution in [0, 0.1) is 0 Å². The van der Waals surface area contributed by atoms with Gasteiger partial charge >= 0.3 is 0 Å². The van der Waals surface area contributed by atoms with E-state index < -0.39 is 0 Å². The van der Waals surface area contributed by atoms with Gasteiger partial charge < -0.3 is 20.3 Å². The van der Waals surface area contributed by atoms with Crippen LogP contribution < -0.4 is 15.4 Å². The van der Waals surface area contributed by atoms with E-state index in [0.29, 0.717) is 17.1 Å². The molecule has 0 bridgehead atoms. The Morgan fingerprint density at radius 3 is 2.41 bits per heavy atom. The number of carbonyl (C=O) groups excluding carboxylic acids is 1. The lowest BCUT2D eigenvalue weighted by Crippen LogP contribution is -2.17. The monoisotopic (exact) mass is 390 g/mol. The van der Waals surface area contributed by atoms with E-state index in [1.165, 1.54) is 0 Å². The van der Waals surface area contributed by atoms with Gasteiger partial charge in [-0.25, -0.2) is 0 Å². The third-order valence-electron chi connectivity index (χ3n) is 4.19. The van der Waals surface area contributed by atoms with Crippen molar-refractivity contribution in [3.05, 3.63) is 78.6 Å². The van der Waals surface area contributed by atoms with Gasteiger partial charge in [-0.2, -0.15) is 0 Å². The zero-order valence-corrected chi connectivity index (χ0v) is 16.8. The van der Waals surface area contributed by atoms with Crippen molar-refractivity contribution in [3.63, 3.8) is 0 Å². The van der Waals surface area contributed by atoms with Crippen LogP contribution in [-0.4, -0.2) is 43.0 Å². The molecule has 3 aromatic rings. The molecule has 0 aliphatic carbocycles. The quantitative estimate of drug-likeness (QED) is 0.527. The van der Waals surface area contributed by atoms with Crippen LogP contribution in [0.5, 0.6) is 11.5 Å². The highest BCUT2D eigenvalue weighted by atomic mass is 16.5. The van der Waals surface area contributed by atoms with Gasteiger partial charge in [-0.15, -0.1) is 0 Å². The molecule has 0 aliphatic rings. The summed E-state index contributed by atoms with van der Waals surface area (Å²) in [6, 6.07) is 20.4. The molecule has 6 nitrogen and oxygen atoms in total. The Kier molecular flexibility index (Phi) is 7.19. The molecule has 1 aromatic heterocycles. The maximum atomic E-state index is 12.5. The lowest BCUT2D eigenvalue weighted by Gasteiger charge is -2.11. The Balaban J connectivity index is 1.55. The smallest absolute Gasteiger partial charge is 0.274 e. The summed E-state index contributed by atoms with van der Waals surface area (Å²) in [6.07, 6.45) is 2.66. The number of hydrogen-bond donors (Lipinski definition) is 2. The van der Waals surface area contributed by atoms with Crippen molar-refractivity contribution in [2.45, 2.75) is 6.42 Å². The topological polar surface area (TPSA) is 66.5 Å². The van der Waals surface area contributed by atoms with E-state index in [1.807, 2.05) is 48.5 Å². The molecule has 3 rings (SSSR count). The number of nitrogens with zero attached hydrogens (tertiary/aromatic N) is 2. The molecule has 0 saturated carbocycles. The fourth-order valence-electron chi connectivity index (χ4n) is 2.72. The molecule has 2 N–H and O–H groups in total. The minimum absolute atomic E-state index is 0.251. The minimum Gasteiger partial charge on any atom is -0.457 e. The normalized spacial score (nSPS) is 10.6. The highest BCUT2D eigenvalue weighted by Crippen LogP contribution is 2.23. The van der Waals surface area contributed by atoms with Gasteiger partial charge in [0.15, 0.2) is 0 Å². The molecule has 0 aliphatic heterocycles. The first-order valence-electron chi connectivity index (χ1n) is 9.59. The van der Waals surface area contributed by atoms with Crippen LogP contribution >= 0.6 is 0 Å². The zero-order chi connectivity index (χ0) is 20.5. The van der Waals surface area contributed by atoms with Crippen molar-refractivity contribution in [2.75, 3.05) is 37.8 Å². The van der Waals surface area contributed by atoms with Crippen molar-refractivity contribution >= 4 is 17.3 Å². The van der Waals surface area contributed by atoms with Crippen LogP contribution in [0.3, 0.4) is 0 Å². The fourth-order valence-corrected chi connectivity index (χ4v) is 2.72. The third kappa shape index (κ3) is 6.62. The number of hydrogen-bond acceptors (Lipinski definition) is 5. The van der Waals surface area contributed by atoms with Crippen LogP contribution in [0.1, 0.15) is 16.9 Å². The molecule has 0 saturated heterocycles. The van der Waals surface area contributed by atoms with E-state index in [-0.39, 0.29) is 5.91 Å². The predicted molar refractivity (Wildman–Crippen MR) is 117 cm³/mol. The molecule has 2 aromatic carbocycles. The summed E-state index contributed by atoms with van der Waals surface area (Å²) in [4.78, 5) is 18.8. The van der Waals surface area contributed by atoms with Crippen molar-refractivity contribution < 1.29 is 9.53 Å². The van der Waals surface area contributed by atoms with Crippen molar-refractivity contribution in [1.82, 2.24) is 9.88 Å². The molecule has 6 heteroatoms. The van der Waals surface area contributed by atoms with Gasteiger partial charge in [0.05, 0.1) is 0 Å². The minimum atomic E-state index is -0.251. The zero-order valence-electron chi connectivity index (χ0n) is 16.8. The SMILES string of the molecule is CN(C)CCCNc1ccnc(C(=O)Nc2ccc(Oc3ccccc3)cc2)c1. The summed E-state index contributed by atoms with van der Waals surface area (Å²) < 4.78 is 5.76. The molecule has 29 heavy (non-hydrogen) atoms. The summed E-state index contributed by atoms with van der Waals surface area (Å²) >= 11 is 0. The number of pyridine rings is 1. The number of benzene rings is 2. The third-order valence-corrected chi connectivity index (χ3v) is 4.19. The second kappa shape index (κ2) is 10.2. The second-order valence-corrected chi connectivity index (χ2v) is 6.91. The highest BCUT2D eigenvalue weighted by Gasteiger charge is 2.09. The van der Waals surface area contributed by atoms with E-state index in [4.69, 9.17) is 4.74 Å². The highest BCUT2D eigenvalue weighted by molar-refractivity contribution is 6.03. The fraction of sp³-hybridized carbons (Fsp3) is 0.217. The molecule has 150 valence electrons. The number of anilines is 2. The first-order chi connectivity index (χ1) is 14.1. The molecule has 0 spiro atoms. The van der Waals surface area contributed by atoms with E-state index in [1.54, 1.807) is 24.4 Å². The number of para-hydroxylation sites is 1. The van der Waals surface area contributed by atoms with Crippen molar-refractivity contribution in [1.29, 1.82) is 0 Å². The predicted octanol–water partition coefficient (Wildman–Crippen LogP) is 4.49. The lowest BCUT2D eigenvalue weighted by atomic mass is 10.2. The standard InChI is InChI=1S/C23H26N4O2/c1-27(2)16-6-14-24-19-13-15-25-22(17-19)23(28)26-18-9-11-21(12-10-18)29-20-7-4-3-5-8-20/h3-5,7-13,15,17H,6,14,16H2,1-2H3,(H,24,25)(H,26,28). The van der Waals surface area contributed by atoms with Gasteiger partial charge in [0.2, 0.25) is 0 Å². The number of carbonyl (C=O) groups is 1. The largest absolute Gasteiger partial charge is 0.457 e. The molecule has 0 radical (unpaired) electrons. The summed E-state index contributed by atoms with van der Waals surface area (Å²) in [7, 11) is 4.10. The van der Waals surface area contributed by atoms with E-state index in [0.717, 1.165) is 30.9 Å². The summed E-state index contributed by atoms with van der Waals surface area (Å²) in [5.41, 5.74) is 1.93. The molecular formula is C23H26N4O2. The number of nitrogens with one attached hydrogen (secondary N) is 2. The van der Waals surface area contributed by atoms with Crippen LogP contribution in [0.15, 0.2) is 72.9 Å². The van der Waals surface area contributed by atoms with Gasteiger partial charge in [0.25, 0.3) is 5.91 Å². The van der Waals surface area contributed by atoms with E-state index in [2.05, 4.69) is 34.6 Å². The van der Waals surface area contributed by atoms with Crippen molar-refractivity contribution in [3.8, 4) is 11.5 Å². The Hall–Kier alpha value is -3.38. The summed E-state index contributed by atoms with van der Waals surface area (Å²) in [6.45, 7) is 1.85. The number of amides is 1. The molecule has 1 amide bonds. The summed E-state index contributed by atoms with van der Waals surface area (Å²) in [5, 5.41) is 6.19. The number of rotatable bonds is 9. The molecule has 0 atom stereocenters. The molecule has 0 fully saturated rings. The second-order valence-electron chi connectivity index (χ2n) is 6.91. The van der Waals surface area contributed by atoms with E-state index >= 15 is 0 Å². The van der Waals surface area contributed by atoms with Crippen LogP contribution in [0.4, 0.5) is 11.4 Å². The van der Waals surface area contributed by atoms with E-state index in [9.17, 15) is 4.79 Å². The maximum Gasteiger partial charge on any atom is 0.274 e. The maximum absolute atomic E-state index is 12.5. The summed E-state index contributed by atoms with van der Waals surface area (Å²) in [5.74, 6) is 1.22. The lowest BCUT2D eigenvalue weighted by molar-refractivity contribution is 0.102. The number of ether oxygens (including phenoxy) is 1. The molecule has 0 unspecified atom stereocenters.